The average Bonchev–Trinajstić information content (AvgIpc) is 3.14. The van der Waals surface area contributed by atoms with Crippen LogP contribution >= 0.6 is 0 Å². The van der Waals surface area contributed by atoms with E-state index in [2.05, 4.69) is 21.3 Å². The summed E-state index contributed by atoms with van der Waals surface area (Å²) in [4.78, 5) is 106. The molecule has 0 saturated carbocycles. The number of carbonyl (C=O) groups is 9. The van der Waals surface area contributed by atoms with Crippen LogP contribution in [0.1, 0.15) is 154 Å². The summed E-state index contributed by atoms with van der Waals surface area (Å²) in [5.74, 6) is -9.01. The van der Waals surface area contributed by atoms with Gasteiger partial charge in [0.05, 0.1) is 6.04 Å². The third-order valence-corrected chi connectivity index (χ3v) is 9.33. The molecular formula is C38H65N5O15. The van der Waals surface area contributed by atoms with Crippen LogP contribution in [0, 0.1) is 0 Å². The first-order chi connectivity index (χ1) is 27.4. The first kappa shape index (κ1) is 53.1. The summed E-state index contributed by atoms with van der Waals surface area (Å²) in [6.07, 6.45) is 9.48. The van der Waals surface area contributed by atoms with Crippen molar-refractivity contribution in [1.29, 1.82) is 0 Å². The van der Waals surface area contributed by atoms with Crippen molar-refractivity contribution in [3.8, 4) is 0 Å². The van der Waals surface area contributed by atoms with E-state index >= 15 is 0 Å². The van der Waals surface area contributed by atoms with Crippen molar-refractivity contribution in [3.05, 3.63) is 0 Å². The minimum absolute atomic E-state index is 0.147. The second kappa shape index (κ2) is 32.1. The second-order valence-corrected chi connectivity index (χ2v) is 14.4. The zero-order valence-corrected chi connectivity index (χ0v) is 33.3. The molecule has 58 heavy (non-hydrogen) atoms. The number of carboxylic acids is 4. The Bertz CT molecular complexity index is 1310. The molecule has 0 aliphatic heterocycles. The average molecular weight is 832 g/mol. The molecule has 0 saturated heterocycles. The van der Waals surface area contributed by atoms with Gasteiger partial charge in [0.1, 0.15) is 18.1 Å². The lowest BCUT2D eigenvalue weighted by atomic mass is 10.0. The Hall–Kier alpha value is -4.85. The molecule has 20 nitrogen and oxygen atoms in total. The number of aliphatic hydroxyl groups is 2. The summed E-state index contributed by atoms with van der Waals surface area (Å²) >= 11 is 0. The predicted molar refractivity (Wildman–Crippen MR) is 206 cm³/mol. The minimum Gasteiger partial charge on any atom is -0.481 e. The van der Waals surface area contributed by atoms with Crippen molar-refractivity contribution in [1.82, 2.24) is 21.3 Å². The van der Waals surface area contributed by atoms with Crippen LogP contribution in [0.2, 0.25) is 0 Å². The van der Waals surface area contributed by atoms with E-state index in [0.29, 0.717) is 6.42 Å². The van der Waals surface area contributed by atoms with Crippen molar-refractivity contribution in [3.63, 3.8) is 0 Å². The lowest BCUT2D eigenvalue weighted by molar-refractivity contribution is -0.144. The van der Waals surface area contributed by atoms with E-state index in [9.17, 15) is 68.7 Å². The molecule has 0 unspecified atom stereocenters. The van der Waals surface area contributed by atoms with Crippen molar-refractivity contribution < 1.29 is 73.8 Å². The van der Waals surface area contributed by atoms with Gasteiger partial charge in [-0.3, -0.25) is 28.8 Å². The number of hydrogen-bond donors (Lipinski definition) is 11. The fraction of sp³-hybridized carbons (Fsp3) is 0.763. The Morgan fingerprint density at radius 2 is 0.672 bits per heavy atom. The molecule has 5 amide bonds. The standard InChI is InChI=1S/C38H65N5O15/c39-29(44)21-17-25(35(51)52)41-31(46)23-19-27(37(55)56)43-33(48)24-20-28(38(57)58)42-32(47)22-18-26(36(53)54)40-30(45)15-13-11-9-7-5-3-1-2-4-6-8-10-12-14-16-34(49)50/h25-28,36,53-54H,1-24H2,(H2,39,44)(H,40,45)(H,41,46)(H,42,47)(H,43,48)(H,49,50)(H,51,52)(H,55,56)(H,57,58)/t25-,26-,27-,28-/m0/s1. The number of rotatable bonds is 37. The molecule has 0 aromatic carbocycles. The van der Waals surface area contributed by atoms with Crippen molar-refractivity contribution >= 4 is 53.4 Å². The smallest absolute Gasteiger partial charge is 0.326 e. The maximum atomic E-state index is 12.5. The number of nitrogens with one attached hydrogen (secondary N) is 4. The normalized spacial score (nSPS) is 13.1. The number of carboxylic acid groups (broad SMARTS) is 4. The molecule has 0 aliphatic carbocycles. The summed E-state index contributed by atoms with van der Waals surface area (Å²) in [7, 11) is 0. The fourth-order valence-corrected chi connectivity index (χ4v) is 5.95. The van der Waals surface area contributed by atoms with Crippen LogP contribution < -0.4 is 27.0 Å². The van der Waals surface area contributed by atoms with Gasteiger partial charge in [-0.25, -0.2) is 14.4 Å². The van der Waals surface area contributed by atoms with Gasteiger partial charge in [0.15, 0.2) is 6.29 Å². The molecule has 0 fully saturated rings. The number of nitrogens with two attached hydrogens (primary N) is 1. The molecule has 0 spiro atoms. The highest BCUT2D eigenvalue weighted by Gasteiger charge is 2.27. The maximum Gasteiger partial charge on any atom is 0.326 e. The Labute approximate surface area is 338 Å². The Balaban J connectivity index is 4.46. The Kier molecular flexibility index (Phi) is 29.5. The number of primary amides is 1. The summed E-state index contributed by atoms with van der Waals surface area (Å²) in [6.45, 7) is 0. The van der Waals surface area contributed by atoms with Crippen LogP contribution in [0.5, 0.6) is 0 Å². The largest absolute Gasteiger partial charge is 0.481 e. The van der Waals surface area contributed by atoms with Crippen LogP contribution in [0.3, 0.4) is 0 Å². The SMILES string of the molecule is NC(=O)CC[C@H](NC(=O)CC[C@H](NC(=O)CC[C@H](NC(=O)CC[C@H](NC(=O)CCCCCCCCCCCCCCCCC(=O)O)C(O)O)C(=O)O)C(=O)O)C(=O)O. The van der Waals surface area contributed by atoms with E-state index in [0.717, 1.165) is 57.8 Å². The highest BCUT2D eigenvalue weighted by molar-refractivity contribution is 5.87. The van der Waals surface area contributed by atoms with E-state index in [1.54, 1.807) is 0 Å². The van der Waals surface area contributed by atoms with Crippen molar-refractivity contribution in [2.24, 2.45) is 5.73 Å². The van der Waals surface area contributed by atoms with Gasteiger partial charge < -0.3 is 57.6 Å². The molecule has 0 bridgehead atoms. The zero-order valence-electron chi connectivity index (χ0n) is 33.3. The molecule has 0 rings (SSSR count). The second-order valence-electron chi connectivity index (χ2n) is 14.4. The Morgan fingerprint density at radius 1 is 0.379 bits per heavy atom. The van der Waals surface area contributed by atoms with Crippen LogP contribution in [-0.2, 0) is 43.2 Å². The lowest BCUT2D eigenvalue weighted by Crippen LogP contribution is -2.46. The summed E-state index contributed by atoms with van der Waals surface area (Å²) in [5.41, 5.74) is 4.99. The number of unbranched alkanes of at least 4 members (excludes halogenated alkanes) is 13. The first-order valence-corrected chi connectivity index (χ1v) is 20.1. The predicted octanol–water partition coefficient (Wildman–Crippen LogP) is 1.42. The quantitative estimate of drug-likeness (QED) is 0.0312. The highest BCUT2D eigenvalue weighted by Crippen LogP contribution is 2.14. The van der Waals surface area contributed by atoms with Crippen LogP contribution in [-0.4, -0.2) is 115 Å². The molecule has 0 radical (unpaired) electrons. The van der Waals surface area contributed by atoms with Gasteiger partial charge in [-0.05, 0) is 38.5 Å². The van der Waals surface area contributed by atoms with E-state index in [4.69, 9.17) is 10.8 Å². The summed E-state index contributed by atoms with van der Waals surface area (Å²) in [6, 6.07) is -5.83. The molecule has 0 aromatic heterocycles. The molecule has 0 heterocycles. The minimum atomic E-state index is -1.99. The molecule has 0 aliphatic rings. The lowest BCUT2D eigenvalue weighted by Gasteiger charge is -2.21. The van der Waals surface area contributed by atoms with Gasteiger partial charge in [0.2, 0.25) is 29.5 Å². The monoisotopic (exact) mass is 831 g/mol. The highest BCUT2D eigenvalue weighted by atomic mass is 16.5. The van der Waals surface area contributed by atoms with Crippen LogP contribution in [0.4, 0.5) is 0 Å². The number of aliphatic hydroxyl groups excluding tert-OH is 1. The molecule has 332 valence electrons. The van der Waals surface area contributed by atoms with Crippen LogP contribution in [0.25, 0.3) is 0 Å². The van der Waals surface area contributed by atoms with Gasteiger partial charge in [-0.2, -0.15) is 0 Å². The van der Waals surface area contributed by atoms with Gasteiger partial charge in [0, 0.05) is 38.5 Å². The maximum absolute atomic E-state index is 12.5. The number of amides is 5. The van der Waals surface area contributed by atoms with Gasteiger partial charge in [-0.1, -0.05) is 77.0 Å². The summed E-state index contributed by atoms with van der Waals surface area (Å²) in [5, 5.41) is 65.3. The fourth-order valence-electron chi connectivity index (χ4n) is 5.95. The molecule has 0 aromatic rings. The zero-order chi connectivity index (χ0) is 43.9. The van der Waals surface area contributed by atoms with E-state index in [-0.39, 0.29) is 32.1 Å². The summed E-state index contributed by atoms with van der Waals surface area (Å²) < 4.78 is 0. The van der Waals surface area contributed by atoms with E-state index in [1.807, 2.05) is 0 Å². The third-order valence-electron chi connectivity index (χ3n) is 9.33. The van der Waals surface area contributed by atoms with Crippen molar-refractivity contribution in [2.75, 3.05) is 0 Å². The molecule has 20 heteroatoms. The van der Waals surface area contributed by atoms with E-state index in [1.165, 1.54) is 25.7 Å². The topological polar surface area (TPSA) is 349 Å². The molecular weight excluding hydrogens is 766 g/mol. The van der Waals surface area contributed by atoms with Crippen molar-refractivity contribution in [2.45, 2.75) is 185 Å². The van der Waals surface area contributed by atoms with Crippen LogP contribution in [0.15, 0.2) is 0 Å². The first-order valence-electron chi connectivity index (χ1n) is 20.1. The number of aliphatic carboxylic acids is 4. The van der Waals surface area contributed by atoms with E-state index < -0.39 is 116 Å². The number of carbonyl (C=O) groups excluding carboxylic acids is 5. The third kappa shape index (κ3) is 29.4. The van der Waals surface area contributed by atoms with Gasteiger partial charge >= 0.3 is 23.9 Å². The molecule has 12 N–H and O–H groups in total. The number of hydrogen-bond acceptors (Lipinski definition) is 11. The Morgan fingerprint density at radius 3 is 0.983 bits per heavy atom. The van der Waals surface area contributed by atoms with Gasteiger partial charge in [-0.15, -0.1) is 0 Å². The molecule has 4 atom stereocenters. The van der Waals surface area contributed by atoms with Gasteiger partial charge in [0.25, 0.3) is 0 Å².